The van der Waals surface area contributed by atoms with Crippen LogP contribution < -0.4 is 10.6 Å². The lowest BCUT2D eigenvalue weighted by atomic mass is 9.89. The molecule has 2 rings (SSSR count). The molecule has 2 amide bonds. The van der Waals surface area contributed by atoms with E-state index in [-0.39, 0.29) is 18.1 Å². The van der Waals surface area contributed by atoms with E-state index < -0.39 is 0 Å². The summed E-state index contributed by atoms with van der Waals surface area (Å²) in [6, 6.07) is 7.15. The maximum absolute atomic E-state index is 12.0. The molecular weight excluding hydrogens is 318 g/mol. The largest absolute Gasteiger partial charge is 0.441 e. The van der Waals surface area contributed by atoms with Gasteiger partial charge >= 0.3 is 6.03 Å². The molecule has 25 heavy (non-hydrogen) atoms. The number of urea groups is 1. The van der Waals surface area contributed by atoms with Crippen LogP contribution in [-0.2, 0) is 0 Å². The van der Waals surface area contributed by atoms with Crippen LogP contribution in [0.3, 0.4) is 0 Å². The average Bonchev–Trinajstić information content (AvgIpc) is 2.91. The van der Waals surface area contributed by atoms with Crippen LogP contribution in [0.4, 0.5) is 10.5 Å². The van der Waals surface area contributed by atoms with Crippen molar-refractivity contribution in [3.63, 3.8) is 0 Å². The number of hydrogen-bond acceptors (Lipinski definition) is 4. The average molecular weight is 345 g/mol. The number of aliphatic hydroxyl groups excluding tert-OH is 1. The number of anilines is 1. The highest BCUT2D eigenvalue weighted by atomic mass is 16.4. The number of hydrogen-bond donors (Lipinski definition) is 3. The van der Waals surface area contributed by atoms with Gasteiger partial charge in [-0.1, -0.05) is 19.9 Å². The van der Waals surface area contributed by atoms with E-state index in [0.717, 1.165) is 29.9 Å². The van der Waals surface area contributed by atoms with Gasteiger partial charge in [0, 0.05) is 24.4 Å². The minimum absolute atomic E-state index is 0.112. The topological polar surface area (TPSA) is 87.4 Å². The molecule has 0 aliphatic rings. The molecular formula is C19H27N3O3. The minimum Gasteiger partial charge on any atom is -0.441 e. The number of aliphatic hydroxyl groups is 1. The molecule has 0 saturated carbocycles. The second kappa shape index (κ2) is 8.16. The Hall–Kier alpha value is -2.34. The number of oxazole rings is 1. The Morgan fingerprint density at radius 3 is 2.72 bits per heavy atom. The summed E-state index contributed by atoms with van der Waals surface area (Å²) in [6.07, 6.45) is 1.66. The Morgan fingerprint density at radius 1 is 1.32 bits per heavy atom. The van der Waals surface area contributed by atoms with Crippen molar-refractivity contribution in [3.05, 3.63) is 35.7 Å². The van der Waals surface area contributed by atoms with Gasteiger partial charge in [0.1, 0.15) is 5.76 Å². The van der Waals surface area contributed by atoms with Crippen molar-refractivity contribution < 1.29 is 14.3 Å². The fourth-order valence-electron chi connectivity index (χ4n) is 2.35. The number of aromatic nitrogens is 1. The number of rotatable bonds is 7. The molecule has 0 saturated heterocycles. The standard InChI is InChI=1S/C19H27N3O3/c1-13-14(2)25-17(21-13)15-7-5-8-16(11-15)22-18(24)20-10-6-9-19(3,4)12-23/h5,7-8,11,23H,6,9-10,12H2,1-4H3,(H2,20,22,24). The zero-order valence-electron chi connectivity index (χ0n) is 15.3. The molecule has 6 nitrogen and oxygen atoms in total. The Labute approximate surface area is 148 Å². The molecule has 0 aliphatic heterocycles. The number of carbonyl (C=O) groups is 1. The SMILES string of the molecule is Cc1nc(-c2cccc(NC(=O)NCCCC(C)(C)CO)c2)oc1C. The van der Waals surface area contributed by atoms with Gasteiger partial charge in [0.2, 0.25) is 5.89 Å². The summed E-state index contributed by atoms with van der Waals surface area (Å²) < 4.78 is 5.62. The zero-order valence-corrected chi connectivity index (χ0v) is 15.3. The van der Waals surface area contributed by atoms with E-state index in [4.69, 9.17) is 4.42 Å². The van der Waals surface area contributed by atoms with Gasteiger partial charge in [-0.15, -0.1) is 0 Å². The fraction of sp³-hybridized carbons (Fsp3) is 0.474. The van der Waals surface area contributed by atoms with E-state index in [9.17, 15) is 9.90 Å². The van der Waals surface area contributed by atoms with E-state index in [1.807, 2.05) is 52.0 Å². The molecule has 0 bridgehead atoms. The van der Waals surface area contributed by atoms with Crippen molar-refractivity contribution >= 4 is 11.7 Å². The van der Waals surface area contributed by atoms with Crippen LogP contribution in [0.5, 0.6) is 0 Å². The van der Waals surface area contributed by atoms with Gasteiger partial charge in [-0.2, -0.15) is 0 Å². The van der Waals surface area contributed by atoms with E-state index in [2.05, 4.69) is 15.6 Å². The first-order chi connectivity index (χ1) is 11.8. The van der Waals surface area contributed by atoms with Crippen LogP contribution in [0, 0.1) is 19.3 Å². The quantitative estimate of drug-likeness (QED) is 0.665. The first kappa shape index (κ1) is 19.0. The highest BCUT2D eigenvalue weighted by Crippen LogP contribution is 2.24. The van der Waals surface area contributed by atoms with E-state index in [1.165, 1.54) is 0 Å². The van der Waals surface area contributed by atoms with Gasteiger partial charge in [0.05, 0.1) is 5.69 Å². The first-order valence-electron chi connectivity index (χ1n) is 8.51. The molecule has 0 radical (unpaired) electrons. The first-order valence-corrected chi connectivity index (χ1v) is 8.51. The van der Waals surface area contributed by atoms with Gasteiger partial charge in [-0.25, -0.2) is 9.78 Å². The molecule has 1 aromatic heterocycles. The maximum Gasteiger partial charge on any atom is 0.319 e. The molecule has 1 aromatic carbocycles. The number of aryl methyl sites for hydroxylation is 2. The van der Waals surface area contributed by atoms with Crippen LogP contribution in [0.2, 0.25) is 0 Å². The summed E-state index contributed by atoms with van der Waals surface area (Å²) in [7, 11) is 0. The summed E-state index contributed by atoms with van der Waals surface area (Å²) in [4.78, 5) is 16.4. The number of nitrogens with zero attached hydrogens (tertiary/aromatic N) is 1. The Kier molecular flexibility index (Phi) is 6.20. The number of benzene rings is 1. The third-order valence-electron chi connectivity index (χ3n) is 4.14. The third kappa shape index (κ3) is 5.60. The summed E-state index contributed by atoms with van der Waals surface area (Å²) in [5, 5.41) is 14.9. The second-order valence-electron chi connectivity index (χ2n) is 7.05. The smallest absolute Gasteiger partial charge is 0.319 e. The summed E-state index contributed by atoms with van der Waals surface area (Å²) >= 11 is 0. The van der Waals surface area contributed by atoms with Gasteiger partial charge in [0.25, 0.3) is 0 Å². The summed E-state index contributed by atoms with van der Waals surface area (Å²) in [5.41, 5.74) is 2.24. The molecule has 0 atom stereocenters. The van der Waals surface area contributed by atoms with Crippen molar-refractivity contribution in [3.8, 4) is 11.5 Å². The van der Waals surface area contributed by atoms with E-state index in [0.29, 0.717) is 18.1 Å². The predicted octanol–water partition coefficient (Wildman–Crippen LogP) is 3.88. The fourth-order valence-corrected chi connectivity index (χ4v) is 2.35. The van der Waals surface area contributed by atoms with Crippen LogP contribution in [0.15, 0.2) is 28.7 Å². The van der Waals surface area contributed by atoms with Gasteiger partial charge < -0.3 is 20.2 Å². The Balaban J connectivity index is 1.88. The molecule has 0 unspecified atom stereocenters. The van der Waals surface area contributed by atoms with Gasteiger partial charge in [-0.3, -0.25) is 0 Å². The third-order valence-corrected chi connectivity index (χ3v) is 4.14. The highest BCUT2D eigenvalue weighted by Gasteiger charge is 2.15. The summed E-state index contributed by atoms with van der Waals surface area (Å²) in [6.45, 7) is 8.49. The van der Waals surface area contributed by atoms with Crippen LogP contribution in [0.1, 0.15) is 38.1 Å². The monoisotopic (exact) mass is 345 g/mol. The lowest BCUT2D eigenvalue weighted by Crippen LogP contribution is -2.30. The normalized spacial score (nSPS) is 11.4. The van der Waals surface area contributed by atoms with Gasteiger partial charge in [-0.05, 0) is 50.3 Å². The molecule has 1 heterocycles. The predicted molar refractivity (Wildman–Crippen MR) is 98.5 cm³/mol. The van der Waals surface area contributed by atoms with Crippen molar-refractivity contribution in [2.45, 2.75) is 40.5 Å². The van der Waals surface area contributed by atoms with Crippen LogP contribution in [-0.4, -0.2) is 29.3 Å². The molecule has 0 spiro atoms. The number of carbonyl (C=O) groups excluding carboxylic acids is 1. The summed E-state index contributed by atoms with van der Waals surface area (Å²) in [5.74, 6) is 1.34. The van der Waals surface area contributed by atoms with Crippen molar-refractivity contribution in [1.82, 2.24) is 10.3 Å². The molecule has 2 aromatic rings. The lowest BCUT2D eigenvalue weighted by molar-refractivity contribution is 0.148. The number of amides is 2. The van der Waals surface area contributed by atoms with Crippen molar-refractivity contribution in [2.24, 2.45) is 5.41 Å². The minimum atomic E-state index is -0.251. The lowest BCUT2D eigenvalue weighted by Gasteiger charge is -2.21. The van der Waals surface area contributed by atoms with E-state index >= 15 is 0 Å². The van der Waals surface area contributed by atoms with Gasteiger partial charge in [0.15, 0.2) is 0 Å². The Morgan fingerprint density at radius 2 is 2.08 bits per heavy atom. The van der Waals surface area contributed by atoms with Crippen molar-refractivity contribution in [2.75, 3.05) is 18.5 Å². The van der Waals surface area contributed by atoms with Crippen molar-refractivity contribution in [1.29, 1.82) is 0 Å². The molecule has 3 N–H and O–H groups in total. The second-order valence-corrected chi connectivity index (χ2v) is 7.05. The van der Waals surface area contributed by atoms with Crippen LogP contribution in [0.25, 0.3) is 11.5 Å². The zero-order chi connectivity index (χ0) is 18.4. The van der Waals surface area contributed by atoms with Crippen LogP contribution >= 0.6 is 0 Å². The molecule has 0 aliphatic carbocycles. The maximum atomic E-state index is 12.0. The highest BCUT2D eigenvalue weighted by molar-refractivity contribution is 5.89. The molecule has 0 fully saturated rings. The number of nitrogens with one attached hydrogen (secondary N) is 2. The molecule has 136 valence electrons. The van der Waals surface area contributed by atoms with E-state index in [1.54, 1.807) is 0 Å². The molecule has 6 heteroatoms. The Bertz CT molecular complexity index is 703.